The standard InChI is InChI=1S/C14H19NO/c1-8(2)7-12-13-10(4)9(3)5-6-11(13)14(16)15-12/h5-6,8,12H,7H2,1-4H3,(H,15,16). The molecule has 1 aromatic rings. The first-order valence-electron chi connectivity index (χ1n) is 5.91. The van der Waals surface area contributed by atoms with Crippen LogP contribution in [0, 0.1) is 19.8 Å². The Bertz CT molecular complexity index is 435. The van der Waals surface area contributed by atoms with Gasteiger partial charge < -0.3 is 5.32 Å². The molecule has 86 valence electrons. The lowest BCUT2D eigenvalue weighted by Gasteiger charge is -2.17. The van der Waals surface area contributed by atoms with E-state index in [0.717, 1.165) is 12.0 Å². The zero-order chi connectivity index (χ0) is 11.9. The Labute approximate surface area is 97.1 Å². The van der Waals surface area contributed by atoms with Crippen molar-refractivity contribution in [1.29, 1.82) is 0 Å². The number of carbonyl (C=O) groups is 1. The van der Waals surface area contributed by atoms with Crippen molar-refractivity contribution in [2.75, 3.05) is 0 Å². The number of amides is 1. The molecule has 1 aliphatic heterocycles. The molecule has 16 heavy (non-hydrogen) atoms. The van der Waals surface area contributed by atoms with Crippen LogP contribution in [0.3, 0.4) is 0 Å². The van der Waals surface area contributed by atoms with Gasteiger partial charge in [0.15, 0.2) is 0 Å². The lowest BCUT2D eigenvalue weighted by Crippen LogP contribution is -2.20. The van der Waals surface area contributed by atoms with Gasteiger partial charge in [-0.25, -0.2) is 0 Å². The number of fused-ring (bicyclic) bond motifs is 1. The maximum atomic E-state index is 11.8. The molecule has 0 spiro atoms. The highest BCUT2D eigenvalue weighted by Gasteiger charge is 2.30. The third-order valence-electron chi connectivity index (χ3n) is 3.39. The molecule has 2 nitrogen and oxygen atoms in total. The van der Waals surface area contributed by atoms with E-state index in [0.29, 0.717) is 5.92 Å². The second-order valence-corrected chi connectivity index (χ2v) is 5.12. The van der Waals surface area contributed by atoms with E-state index in [1.807, 2.05) is 12.1 Å². The van der Waals surface area contributed by atoms with Crippen LogP contribution in [0.1, 0.15) is 53.4 Å². The molecule has 1 aliphatic rings. The van der Waals surface area contributed by atoms with Crippen molar-refractivity contribution in [2.45, 2.75) is 40.2 Å². The summed E-state index contributed by atoms with van der Waals surface area (Å²) >= 11 is 0. The molecule has 1 amide bonds. The van der Waals surface area contributed by atoms with Crippen molar-refractivity contribution < 1.29 is 4.79 Å². The molecule has 0 aliphatic carbocycles. The number of hydrogen-bond acceptors (Lipinski definition) is 1. The van der Waals surface area contributed by atoms with Crippen molar-refractivity contribution in [3.63, 3.8) is 0 Å². The fraction of sp³-hybridized carbons (Fsp3) is 0.500. The summed E-state index contributed by atoms with van der Waals surface area (Å²) in [6.07, 6.45) is 1.02. The minimum atomic E-state index is 0.0868. The monoisotopic (exact) mass is 217 g/mol. The molecule has 1 heterocycles. The summed E-state index contributed by atoms with van der Waals surface area (Å²) in [5.41, 5.74) is 4.62. The van der Waals surface area contributed by atoms with Crippen LogP contribution in [0.15, 0.2) is 12.1 Å². The number of benzene rings is 1. The predicted molar refractivity (Wildman–Crippen MR) is 65.6 cm³/mol. The van der Waals surface area contributed by atoms with Gasteiger partial charge in [0.25, 0.3) is 5.91 Å². The van der Waals surface area contributed by atoms with E-state index in [4.69, 9.17) is 0 Å². The Hall–Kier alpha value is -1.31. The molecular formula is C14H19NO. The lowest BCUT2D eigenvalue weighted by molar-refractivity contribution is 0.0953. The van der Waals surface area contributed by atoms with Crippen LogP contribution < -0.4 is 5.32 Å². The Balaban J connectivity index is 2.46. The van der Waals surface area contributed by atoms with Crippen molar-refractivity contribution in [1.82, 2.24) is 5.32 Å². The Morgan fingerprint density at radius 2 is 2.00 bits per heavy atom. The summed E-state index contributed by atoms with van der Waals surface area (Å²) in [4.78, 5) is 11.8. The van der Waals surface area contributed by atoms with Crippen molar-refractivity contribution in [3.05, 3.63) is 34.4 Å². The molecule has 0 saturated carbocycles. The minimum Gasteiger partial charge on any atom is -0.345 e. The Kier molecular flexibility index (Phi) is 2.75. The second-order valence-electron chi connectivity index (χ2n) is 5.12. The normalized spacial score (nSPS) is 18.8. The van der Waals surface area contributed by atoms with E-state index in [-0.39, 0.29) is 11.9 Å². The van der Waals surface area contributed by atoms with Gasteiger partial charge in [0.05, 0.1) is 6.04 Å². The van der Waals surface area contributed by atoms with Gasteiger partial charge in [-0.3, -0.25) is 4.79 Å². The number of hydrogen-bond donors (Lipinski definition) is 1. The number of aryl methyl sites for hydroxylation is 1. The Morgan fingerprint density at radius 3 is 2.62 bits per heavy atom. The van der Waals surface area contributed by atoms with Crippen LogP contribution in [0.2, 0.25) is 0 Å². The molecule has 1 atom stereocenters. The highest BCUT2D eigenvalue weighted by molar-refractivity contribution is 5.99. The van der Waals surface area contributed by atoms with Gasteiger partial charge in [-0.2, -0.15) is 0 Å². The fourth-order valence-corrected chi connectivity index (χ4v) is 2.44. The first-order valence-corrected chi connectivity index (χ1v) is 5.91. The molecule has 1 aromatic carbocycles. The molecule has 2 rings (SSSR count). The van der Waals surface area contributed by atoms with Gasteiger partial charge in [0.1, 0.15) is 0 Å². The van der Waals surface area contributed by atoms with Crippen LogP contribution >= 0.6 is 0 Å². The molecule has 2 heteroatoms. The summed E-state index contributed by atoms with van der Waals surface area (Å²) in [5.74, 6) is 0.680. The van der Waals surface area contributed by atoms with Gasteiger partial charge in [-0.05, 0) is 48.9 Å². The summed E-state index contributed by atoms with van der Waals surface area (Å²) in [7, 11) is 0. The SMILES string of the molecule is Cc1ccc2c(c1C)C(CC(C)C)NC2=O. The van der Waals surface area contributed by atoms with Crippen LogP contribution in [0.5, 0.6) is 0 Å². The van der Waals surface area contributed by atoms with Gasteiger partial charge in [-0.15, -0.1) is 0 Å². The van der Waals surface area contributed by atoms with E-state index in [2.05, 4.69) is 33.0 Å². The van der Waals surface area contributed by atoms with Crippen LogP contribution in [-0.2, 0) is 0 Å². The van der Waals surface area contributed by atoms with Gasteiger partial charge in [0, 0.05) is 5.56 Å². The highest BCUT2D eigenvalue weighted by atomic mass is 16.2. The zero-order valence-corrected chi connectivity index (χ0v) is 10.4. The van der Waals surface area contributed by atoms with Crippen LogP contribution in [0.25, 0.3) is 0 Å². The average molecular weight is 217 g/mol. The maximum Gasteiger partial charge on any atom is 0.252 e. The summed E-state index contributed by atoms with van der Waals surface area (Å²) in [5, 5.41) is 3.08. The first-order chi connectivity index (χ1) is 7.50. The smallest absolute Gasteiger partial charge is 0.252 e. The molecule has 1 N–H and O–H groups in total. The Morgan fingerprint density at radius 1 is 1.31 bits per heavy atom. The minimum absolute atomic E-state index is 0.0868. The van der Waals surface area contributed by atoms with E-state index in [1.54, 1.807) is 0 Å². The third-order valence-corrected chi connectivity index (χ3v) is 3.39. The largest absolute Gasteiger partial charge is 0.345 e. The molecule has 0 saturated heterocycles. The number of rotatable bonds is 2. The fourth-order valence-electron chi connectivity index (χ4n) is 2.44. The van der Waals surface area contributed by atoms with Gasteiger partial charge >= 0.3 is 0 Å². The zero-order valence-electron chi connectivity index (χ0n) is 10.4. The number of nitrogens with one attached hydrogen (secondary N) is 1. The van der Waals surface area contributed by atoms with Crippen molar-refractivity contribution >= 4 is 5.91 Å². The second kappa shape index (κ2) is 3.93. The van der Waals surface area contributed by atoms with Crippen molar-refractivity contribution in [3.8, 4) is 0 Å². The van der Waals surface area contributed by atoms with E-state index in [1.165, 1.54) is 16.7 Å². The van der Waals surface area contributed by atoms with E-state index in [9.17, 15) is 4.79 Å². The lowest BCUT2D eigenvalue weighted by atomic mass is 9.91. The molecule has 0 bridgehead atoms. The quantitative estimate of drug-likeness (QED) is 0.810. The van der Waals surface area contributed by atoms with E-state index < -0.39 is 0 Å². The molecule has 1 unspecified atom stereocenters. The highest BCUT2D eigenvalue weighted by Crippen LogP contribution is 2.33. The molecule has 0 aromatic heterocycles. The average Bonchev–Trinajstić information content (AvgIpc) is 2.49. The summed E-state index contributed by atoms with van der Waals surface area (Å²) in [6, 6.07) is 4.20. The van der Waals surface area contributed by atoms with E-state index >= 15 is 0 Å². The van der Waals surface area contributed by atoms with Crippen LogP contribution in [-0.4, -0.2) is 5.91 Å². The molecular weight excluding hydrogens is 198 g/mol. The summed E-state index contributed by atoms with van der Waals surface area (Å²) in [6.45, 7) is 8.59. The van der Waals surface area contributed by atoms with Gasteiger partial charge in [0.2, 0.25) is 0 Å². The van der Waals surface area contributed by atoms with Crippen molar-refractivity contribution in [2.24, 2.45) is 5.92 Å². The summed E-state index contributed by atoms with van der Waals surface area (Å²) < 4.78 is 0. The molecule has 0 radical (unpaired) electrons. The van der Waals surface area contributed by atoms with Crippen LogP contribution in [0.4, 0.5) is 0 Å². The first kappa shape index (κ1) is 11.2. The maximum absolute atomic E-state index is 11.8. The number of carbonyl (C=O) groups excluding carboxylic acids is 1. The van der Waals surface area contributed by atoms with Gasteiger partial charge in [-0.1, -0.05) is 19.9 Å². The topological polar surface area (TPSA) is 29.1 Å². The predicted octanol–water partition coefficient (Wildman–Crippen LogP) is 3.13. The molecule has 0 fully saturated rings. The third kappa shape index (κ3) is 1.73.